The van der Waals surface area contributed by atoms with Crippen LogP contribution in [-0.2, 0) is 38.5 Å². The number of aromatic nitrogens is 8. The Kier molecular flexibility index (Phi) is 7.66. The molecule has 2 aromatic carbocycles. The average molecular weight is 801 g/mol. The number of nitrogens with zero attached hydrogens (tertiary/aromatic N) is 9. The molecule has 0 amide bonds. The maximum Gasteiger partial charge on any atom is 0.225 e. The molecule has 12 rings (SSSR count). The number of anilines is 1. The predicted octanol–water partition coefficient (Wildman–Crippen LogP) is 5.25. The molecule has 55 heavy (non-hydrogen) atoms. The van der Waals surface area contributed by atoms with Gasteiger partial charge in [0.25, 0.3) is 0 Å². The fourth-order valence-electron chi connectivity index (χ4n) is 8.48. The van der Waals surface area contributed by atoms with E-state index in [0.29, 0.717) is 52.9 Å². The summed E-state index contributed by atoms with van der Waals surface area (Å²) in [6.45, 7) is 6.08. The quantitative estimate of drug-likeness (QED) is 0.211. The van der Waals surface area contributed by atoms with E-state index in [0.717, 1.165) is 91.5 Å². The molecule has 0 bridgehead atoms. The molecule has 5 aliphatic heterocycles. The van der Waals surface area contributed by atoms with E-state index in [1.165, 1.54) is 0 Å². The number of halogens is 1. The zero-order valence-corrected chi connectivity index (χ0v) is 31.2. The SMILES string of the molecule is Brc1ccc2nc3n(c2n1)C1(COC3)COc2ccccc21.c1ccc2c(c1)OCC21COCc2nc3ccc(-c4cnc(N5CCOCC5)nc4)nc3n21. The van der Waals surface area contributed by atoms with Gasteiger partial charge in [0.15, 0.2) is 11.3 Å². The Morgan fingerprint density at radius 2 is 1.15 bits per heavy atom. The molecule has 2 spiro atoms. The predicted molar refractivity (Wildman–Crippen MR) is 204 cm³/mol. The first-order chi connectivity index (χ1) is 27.1. The topological polar surface area (TPSA) is 137 Å². The molecule has 5 aliphatic rings. The van der Waals surface area contributed by atoms with Crippen molar-refractivity contribution in [3.63, 3.8) is 0 Å². The molecular weight excluding hydrogens is 766 g/mol. The van der Waals surface area contributed by atoms with Gasteiger partial charge in [-0.05, 0) is 52.3 Å². The van der Waals surface area contributed by atoms with Crippen molar-refractivity contribution in [2.24, 2.45) is 0 Å². The van der Waals surface area contributed by atoms with Crippen LogP contribution in [0.25, 0.3) is 33.6 Å². The molecule has 15 heteroatoms. The van der Waals surface area contributed by atoms with E-state index in [9.17, 15) is 0 Å². The number of imidazole rings is 2. The van der Waals surface area contributed by atoms with Crippen molar-refractivity contribution in [3.8, 4) is 22.8 Å². The Bertz CT molecular complexity index is 2610. The average Bonchev–Trinajstić information content (AvgIpc) is 4.01. The molecule has 0 N–H and O–H groups in total. The highest BCUT2D eigenvalue weighted by Crippen LogP contribution is 2.46. The second-order valence-electron chi connectivity index (χ2n) is 14.2. The Morgan fingerprint density at radius 3 is 1.76 bits per heavy atom. The van der Waals surface area contributed by atoms with E-state index in [4.69, 9.17) is 33.7 Å². The van der Waals surface area contributed by atoms with Gasteiger partial charge in [0, 0.05) is 42.2 Å². The van der Waals surface area contributed by atoms with Crippen molar-refractivity contribution in [1.82, 2.24) is 39.0 Å². The second-order valence-corrected chi connectivity index (χ2v) is 15.0. The lowest BCUT2D eigenvalue weighted by Crippen LogP contribution is -2.45. The minimum atomic E-state index is -0.471. The second kappa shape index (κ2) is 12.8. The van der Waals surface area contributed by atoms with Gasteiger partial charge in [-0.2, -0.15) is 0 Å². The number of para-hydroxylation sites is 2. The van der Waals surface area contributed by atoms with Gasteiger partial charge in [-0.15, -0.1) is 0 Å². The number of hydrogen-bond donors (Lipinski definition) is 0. The smallest absolute Gasteiger partial charge is 0.225 e. The highest BCUT2D eigenvalue weighted by atomic mass is 79.9. The molecule has 0 aliphatic carbocycles. The summed E-state index contributed by atoms with van der Waals surface area (Å²) in [6, 6.07) is 24.1. The van der Waals surface area contributed by atoms with Gasteiger partial charge >= 0.3 is 0 Å². The van der Waals surface area contributed by atoms with Gasteiger partial charge < -0.3 is 28.6 Å². The van der Waals surface area contributed by atoms with Crippen LogP contribution in [0.1, 0.15) is 22.8 Å². The molecule has 2 unspecified atom stereocenters. The molecule has 14 nitrogen and oxygen atoms in total. The lowest BCUT2D eigenvalue weighted by molar-refractivity contribution is 0.0134. The van der Waals surface area contributed by atoms with E-state index in [-0.39, 0.29) is 5.54 Å². The molecule has 1 fully saturated rings. The number of benzene rings is 2. The summed E-state index contributed by atoms with van der Waals surface area (Å²) >= 11 is 3.46. The lowest BCUT2D eigenvalue weighted by Gasteiger charge is -2.34. The largest absolute Gasteiger partial charge is 0.490 e. The minimum absolute atomic E-state index is 0.382. The highest BCUT2D eigenvalue weighted by molar-refractivity contribution is 9.10. The first kappa shape index (κ1) is 32.9. The third-order valence-corrected chi connectivity index (χ3v) is 11.5. The molecule has 0 radical (unpaired) electrons. The van der Waals surface area contributed by atoms with Gasteiger partial charge in [0.1, 0.15) is 76.3 Å². The van der Waals surface area contributed by atoms with Crippen LogP contribution in [0.5, 0.6) is 11.5 Å². The van der Waals surface area contributed by atoms with E-state index in [1.807, 2.05) is 73.1 Å². The highest BCUT2D eigenvalue weighted by Gasteiger charge is 2.48. The van der Waals surface area contributed by atoms with Crippen molar-refractivity contribution in [2.75, 3.05) is 57.6 Å². The van der Waals surface area contributed by atoms with Crippen LogP contribution in [0, 0.1) is 0 Å². The Morgan fingerprint density at radius 1 is 0.582 bits per heavy atom. The molecule has 7 aromatic rings. The van der Waals surface area contributed by atoms with Gasteiger partial charge in [-0.1, -0.05) is 36.4 Å². The van der Waals surface area contributed by atoms with Gasteiger partial charge in [0.2, 0.25) is 5.95 Å². The molecule has 0 saturated carbocycles. The van der Waals surface area contributed by atoms with Crippen LogP contribution < -0.4 is 14.4 Å². The first-order valence-electron chi connectivity index (χ1n) is 18.3. The summed E-state index contributed by atoms with van der Waals surface area (Å²) in [5.74, 6) is 4.28. The van der Waals surface area contributed by atoms with Crippen LogP contribution >= 0.6 is 15.9 Å². The number of pyridine rings is 2. The molecule has 2 atom stereocenters. The third kappa shape index (κ3) is 5.17. The number of fused-ring (bicyclic) bond motifs is 12. The van der Waals surface area contributed by atoms with Crippen molar-refractivity contribution < 1.29 is 23.7 Å². The zero-order chi connectivity index (χ0) is 36.6. The summed E-state index contributed by atoms with van der Waals surface area (Å²) in [4.78, 5) is 30.5. The van der Waals surface area contributed by atoms with Gasteiger partial charge in [-0.3, -0.25) is 9.13 Å². The number of ether oxygens (including phenoxy) is 5. The zero-order valence-electron chi connectivity index (χ0n) is 29.6. The standard InChI is InChI=1S/C24H22N6O3.C16H12BrN3O2/c1-2-4-20-17(3-1)24(15-33-20)14-32-13-21-27-19-6-5-18(28-22(19)30(21)24)16-11-25-23(26-12-16)29-7-9-31-10-8-29;17-13-6-5-11-15(19-13)20-14(18-11)7-21-8-16(20)9-22-12-4-2-1-3-10(12)16/h1-6,11-12H,7-10,13-15H2;1-6H,7-9H2. The van der Waals surface area contributed by atoms with Crippen LogP contribution in [0.4, 0.5) is 5.95 Å². The molecule has 1 saturated heterocycles. The summed E-state index contributed by atoms with van der Waals surface area (Å²) in [7, 11) is 0. The summed E-state index contributed by atoms with van der Waals surface area (Å²) in [5, 5.41) is 0. The van der Waals surface area contributed by atoms with Crippen molar-refractivity contribution in [1.29, 1.82) is 0 Å². The van der Waals surface area contributed by atoms with Gasteiger partial charge in [-0.25, -0.2) is 29.9 Å². The third-order valence-electron chi connectivity index (χ3n) is 11.1. The number of hydrogen-bond acceptors (Lipinski definition) is 12. The summed E-state index contributed by atoms with van der Waals surface area (Å²) < 4.78 is 34.5. The van der Waals surface area contributed by atoms with Crippen molar-refractivity contribution in [2.45, 2.75) is 24.3 Å². The Balaban J connectivity index is 0.000000139. The van der Waals surface area contributed by atoms with Crippen LogP contribution in [-0.4, -0.2) is 91.8 Å². The Labute approximate surface area is 323 Å². The monoisotopic (exact) mass is 799 g/mol. The fraction of sp³-hybridized carbons (Fsp3) is 0.300. The van der Waals surface area contributed by atoms with E-state index < -0.39 is 5.54 Å². The van der Waals surface area contributed by atoms with Crippen molar-refractivity contribution in [3.05, 3.63) is 113 Å². The normalized spacial score (nSPS) is 22.1. The first-order valence-corrected chi connectivity index (χ1v) is 19.1. The maximum atomic E-state index is 6.06. The van der Waals surface area contributed by atoms with Crippen molar-refractivity contribution >= 4 is 44.2 Å². The number of rotatable bonds is 2. The number of morpholine rings is 1. The molecule has 10 heterocycles. The molecule has 5 aromatic heterocycles. The maximum absolute atomic E-state index is 6.06. The summed E-state index contributed by atoms with van der Waals surface area (Å²) in [6.07, 6.45) is 3.68. The van der Waals surface area contributed by atoms with E-state index in [2.05, 4.69) is 62.0 Å². The fourth-order valence-corrected chi connectivity index (χ4v) is 8.78. The Hall–Kier alpha value is -5.48. The summed E-state index contributed by atoms with van der Waals surface area (Å²) in [5.41, 5.74) is 6.49. The van der Waals surface area contributed by atoms with Crippen LogP contribution in [0.2, 0.25) is 0 Å². The minimum Gasteiger partial charge on any atom is -0.490 e. The molecular formula is C40H34BrN9O5. The molecule has 276 valence electrons. The van der Waals surface area contributed by atoms with E-state index >= 15 is 0 Å². The van der Waals surface area contributed by atoms with E-state index in [1.54, 1.807) is 0 Å². The van der Waals surface area contributed by atoms with Crippen LogP contribution in [0.3, 0.4) is 0 Å². The van der Waals surface area contributed by atoms with Gasteiger partial charge in [0.05, 0.1) is 32.1 Å². The van der Waals surface area contributed by atoms with Crippen LogP contribution in [0.15, 0.2) is 89.8 Å². The lowest BCUT2D eigenvalue weighted by atomic mass is 9.91.